The Hall–Kier alpha value is -2.55. The van der Waals surface area contributed by atoms with Gasteiger partial charge in [-0.2, -0.15) is 0 Å². The van der Waals surface area contributed by atoms with E-state index in [9.17, 15) is 14.9 Å². The summed E-state index contributed by atoms with van der Waals surface area (Å²) in [5.74, 6) is -0.377. The molecule has 0 atom stereocenters. The Labute approximate surface area is 111 Å². The van der Waals surface area contributed by atoms with Crippen LogP contribution in [0.2, 0.25) is 0 Å². The number of aromatic nitrogens is 2. The van der Waals surface area contributed by atoms with Crippen LogP contribution >= 0.6 is 11.5 Å². The molecule has 0 aliphatic heterocycles. The molecule has 1 aromatic heterocycles. The lowest BCUT2D eigenvalue weighted by atomic mass is 10.1. The minimum absolute atomic E-state index is 0.0847. The number of nitrogens with one attached hydrogen (secondary N) is 2. The van der Waals surface area contributed by atoms with E-state index >= 15 is 0 Å². The molecular formula is C10H9N5O3S. The Morgan fingerprint density at radius 3 is 2.84 bits per heavy atom. The molecule has 0 saturated carbocycles. The highest BCUT2D eigenvalue weighted by molar-refractivity contribution is 7.10. The molecule has 98 valence electrons. The van der Waals surface area contributed by atoms with Crippen LogP contribution in [0.5, 0.6) is 0 Å². The number of hydrogen-bond donors (Lipinski definition) is 2. The molecular weight excluding hydrogens is 270 g/mol. The number of carbonyl (C=O) groups is 1. The van der Waals surface area contributed by atoms with Gasteiger partial charge in [-0.05, 0) is 12.1 Å². The molecule has 2 aromatic rings. The first kappa shape index (κ1) is 12.9. The second kappa shape index (κ2) is 5.40. The number of carbonyl (C=O) groups excluding carboxylic acids is 1. The molecule has 0 radical (unpaired) electrons. The zero-order valence-corrected chi connectivity index (χ0v) is 10.6. The van der Waals surface area contributed by atoms with Crippen molar-refractivity contribution in [2.24, 2.45) is 0 Å². The summed E-state index contributed by atoms with van der Waals surface area (Å²) in [6, 6.07) is 4.09. The lowest BCUT2D eigenvalue weighted by Crippen LogP contribution is -2.11. The molecule has 1 aromatic carbocycles. The van der Waals surface area contributed by atoms with Crippen LogP contribution in [0.15, 0.2) is 24.4 Å². The van der Waals surface area contributed by atoms with E-state index in [-0.39, 0.29) is 17.3 Å². The van der Waals surface area contributed by atoms with Crippen molar-refractivity contribution in [3.63, 3.8) is 0 Å². The summed E-state index contributed by atoms with van der Waals surface area (Å²) in [4.78, 5) is 22.2. The number of anilines is 2. The van der Waals surface area contributed by atoms with E-state index in [2.05, 4.69) is 20.2 Å². The molecule has 0 unspecified atom stereocenters. The summed E-state index contributed by atoms with van der Waals surface area (Å²) in [7, 11) is 1.55. The number of benzene rings is 1. The van der Waals surface area contributed by atoms with Crippen molar-refractivity contribution in [2.75, 3.05) is 17.7 Å². The maximum Gasteiger partial charge on any atom is 0.292 e. The summed E-state index contributed by atoms with van der Waals surface area (Å²) in [6.45, 7) is 0. The standard InChI is InChI=1S/C10H9N5O3S/c1-11-7-4-6(2-3-8(7)15(17)18)10(16)13-9-5-12-14-19-9/h2-5,11H,1H3,(H,13,16). The van der Waals surface area contributed by atoms with Gasteiger partial charge in [0.2, 0.25) is 0 Å². The minimum atomic E-state index is -0.513. The predicted octanol–water partition coefficient (Wildman–Crippen LogP) is 1.74. The highest BCUT2D eigenvalue weighted by Gasteiger charge is 2.16. The average molecular weight is 279 g/mol. The number of nitro groups is 1. The molecule has 1 amide bonds. The first-order valence-corrected chi connectivity index (χ1v) is 5.94. The van der Waals surface area contributed by atoms with Crippen molar-refractivity contribution in [1.82, 2.24) is 9.59 Å². The summed E-state index contributed by atoms with van der Waals surface area (Å²) in [5.41, 5.74) is 0.502. The molecule has 0 bridgehead atoms. The van der Waals surface area contributed by atoms with Gasteiger partial charge in [-0.15, -0.1) is 5.10 Å². The van der Waals surface area contributed by atoms with Gasteiger partial charge in [-0.3, -0.25) is 14.9 Å². The molecule has 9 heteroatoms. The number of rotatable bonds is 4. The average Bonchev–Trinajstić information content (AvgIpc) is 2.90. The van der Waals surface area contributed by atoms with Crippen LogP contribution in [0.1, 0.15) is 10.4 Å². The second-order valence-corrected chi connectivity index (χ2v) is 4.26. The smallest absolute Gasteiger partial charge is 0.292 e. The summed E-state index contributed by atoms with van der Waals surface area (Å²) in [5, 5.41) is 20.2. The number of nitrogens with zero attached hydrogens (tertiary/aromatic N) is 3. The highest BCUT2D eigenvalue weighted by Crippen LogP contribution is 2.25. The zero-order chi connectivity index (χ0) is 13.8. The third kappa shape index (κ3) is 2.83. The topological polar surface area (TPSA) is 110 Å². The summed E-state index contributed by atoms with van der Waals surface area (Å²) in [6.07, 6.45) is 1.42. The molecule has 0 fully saturated rings. The number of nitro benzene ring substituents is 1. The van der Waals surface area contributed by atoms with Crippen LogP contribution in [-0.2, 0) is 0 Å². The second-order valence-electron chi connectivity index (χ2n) is 3.47. The fraction of sp³-hybridized carbons (Fsp3) is 0.100. The molecule has 19 heavy (non-hydrogen) atoms. The van der Waals surface area contributed by atoms with Gasteiger partial charge in [0.1, 0.15) is 10.7 Å². The molecule has 8 nitrogen and oxygen atoms in total. The van der Waals surface area contributed by atoms with Gasteiger partial charge in [-0.1, -0.05) is 4.49 Å². The Kier molecular flexibility index (Phi) is 3.66. The lowest BCUT2D eigenvalue weighted by Gasteiger charge is -2.05. The van der Waals surface area contributed by atoms with Gasteiger partial charge in [0, 0.05) is 30.2 Å². The van der Waals surface area contributed by atoms with Crippen LogP contribution in [0.3, 0.4) is 0 Å². The van der Waals surface area contributed by atoms with Crippen LogP contribution in [0, 0.1) is 10.1 Å². The molecule has 2 rings (SSSR count). The first-order valence-electron chi connectivity index (χ1n) is 5.16. The Morgan fingerprint density at radius 1 is 1.47 bits per heavy atom. The fourth-order valence-electron chi connectivity index (χ4n) is 1.44. The molecule has 2 N–H and O–H groups in total. The SMILES string of the molecule is CNc1cc(C(=O)Nc2cnns2)ccc1[N+](=O)[O-]. The van der Waals surface area contributed by atoms with E-state index in [0.29, 0.717) is 10.6 Å². The van der Waals surface area contributed by atoms with Gasteiger partial charge in [0.15, 0.2) is 0 Å². The van der Waals surface area contributed by atoms with Gasteiger partial charge in [0.05, 0.1) is 11.1 Å². The maximum atomic E-state index is 11.9. The largest absolute Gasteiger partial charge is 0.383 e. The zero-order valence-electron chi connectivity index (χ0n) is 9.78. The van der Waals surface area contributed by atoms with Crippen molar-refractivity contribution < 1.29 is 9.72 Å². The quantitative estimate of drug-likeness (QED) is 0.651. The number of hydrogen-bond acceptors (Lipinski definition) is 7. The van der Waals surface area contributed by atoms with E-state index in [0.717, 1.165) is 11.5 Å². The monoisotopic (exact) mass is 279 g/mol. The van der Waals surface area contributed by atoms with E-state index in [1.807, 2.05) is 0 Å². The Bertz CT molecular complexity index is 614. The fourth-order valence-corrected chi connectivity index (χ4v) is 1.86. The molecule has 0 aliphatic rings. The number of amides is 1. The van der Waals surface area contributed by atoms with E-state index < -0.39 is 4.92 Å². The molecule has 0 saturated heterocycles. The van der Waals surface area contributed by atoms with Gasteiger partial charge >= 0.3 is 0 Å². The van der Waals surface area contributed by atoms with E-state index in [1.54, 1.807) is 7.05 Å². The molecule has 0 aliphatic carbocycles. The molecule has 1 heterocycles. The lowest BCUT2D eigenvalue weighted by molar-refractivity contribution is -0.383. The van der Waals surface area contributed by atoms with Gasteiger partial charge < -0.3 is 10.6 Å². The summed E-state index contributed by atoms with van der Waals surface area (Å²) < 4.78 is 3.62. The van der Waals surface area contributed by atoms with Gasteiger partial charge in [0.25, 0.3) is 11.6 Å². The first-order chi connectivity index (χ1) is 9.11. The Balaban J connectivity index is 2.25. The van der Waals surface area contributed by atoms with Gasteiger partial charge in [-0.25, -0.2) is 0 Å². The van der Waals surface area contributed by atoms with Crippen molar-refractivity contribution >= 4 is 33.8 Å². The third-order valence-corrected chi connectivity index (χ3v) is 2.90. The minimum Gasteiger partial charge on any atom is -0.383 e. The van der Waals surface area contributed by atoms with Crippen LogP contribution < -0.4 is 10.6 Å². The van der Waals surface area contributed by atoms with Crippen molar-refractivity contribution in [2.45, 2.75) is 0 Å². The third-order valence-electron chi connectivity index (χ3n) is 2.32. The van der Waals surface area contributed by atoms with Crippen molar-refractivity contribution in [3.05, 3.63) is 40.1 Å². The normalized spacial score (nSPS) is 9.95. The maximum absolute atomic E-state index is 11.9. The molecule has 0 spiro atoms. The van der Waals surface area contributed by atoms with Crippen LogP contribution in [-0.4, -0.2) is 27.5 Å². The van der Waals surface area contributed by atoms with E-state index in [4.69, 9.17) is 0 Å². The van der Waals surface area contributed by atoms with Crippen LogP contribution in [0.4, 0.5) is 16.4 Å². The van der Waals surface area contributed by atoms with Crippen LogP contribution in [0.25, 0.3) is 0 Å². The van der Waals surface area contributed by atoms with Crippen molar-refractivity contribution in [1.29, 1.82) is 0 Å². The Morgan fingerprint density at radius 2 is 2.26 bits per heavy atom. The predicted molar refractivity (Wildman–Crippen MR) is 70.5 cm³/mol. The highest BCUT2D eigenvalue weighted by atomic mass is 32.1. The summed E-state index contributed by atoms with van der Waals surface area (Å²) >= 11 is 1.05. The van der Waals surface area contributed by atoms with E-state index in [1.165, 1.54) is 24.4 Å². The van der Waals surface area contributed by atoms with Crippen molar-refractivity contribution in [3.8, 4) is 0 Å².